The molecule has 1 heterocycles. The van der Waals surface area contributed by atoms with Crippen LogP contribution in [0, 0.1) is 0 Å². The molecule has 1 aromatic heterocycles. The van der Waals surface area contributed by atoms with Gasteiger partial charge < -0.3 is 16.0 Å². The Morgan fingerprint density at radius 2 is 2.08 bits per heavy atom. The molecule has 0 spiro atoms. The van der Waals surface area contributed by atoms with E-state index in [1.807, 2.05) is 42.5 Å². The number of hydrogen-bond acceptors (Lipinski definition) is 3. The number of para-hydroxylation sites is 1. The number of aryl methyl sites for hydroxylation is 1. The van der Waals surface area contributed by atoms with Crippen LogP contribution in [-0.2, 0) is 11.2 Å². The molecular formula is C20H22N4O. The number of nitrogens with one attached hydrogen (secondary N) is 2. The van der Waals surface area contributed by atoms with Crippen LogP contribution < -0.4 is 11.1 Å². The molecule has 1 aliphatic carbocycles. The maximum atomic E-state index is 12.2. The molecule has 0 unspecified atom stereocenters. The number of nitrogens with two attached hydrogens (primary N) is 1. The molecule has 128 valence electrons. The van der Waals surface area contributed by atoms with Gasteiger partial charge in [0.05, 0.1) is 11.0 Å². The summed E-state index contributed by atoms with van der Waals surface area (Å²) in [5.41, 5.74) is 10.4. The molecule has 2 aromatic carbocycles. The van der Waals surface area contributed by atoms with Crippen LogP contribution in [-0.4, -0.2) is 15.9 Å². The number of rotatable bonds is 5. The molecule has 0 saturated heterocycles. The summed E-state index contributed by atoms with van der Waals surface area (Å²) in [6.07, 6.45) is 4.76. The fourth-order valence-corrected chi connectivity index (χ4v) is 3.22. The van der Waals surface area contributed by atoms with Crippen molar-refractivity contribution < 1.29 is 4.79 Å². The van der Waals surface area contributed by atoms with Crippen LogP contribution in [0.2, 0.25) is 0 Å². The second-order valence-corrected chi connectivity index (χ2v) is 6.73. The second kappa shape index (κ2) is 6.59. The van der Waals surface area contributed by atoms with Gasteiger partial charge in [-0.2, -0.15) is 0 Å². The van der Waals surface area contributed by atoms with Crippen LogP contribution in [0.5, 0.6) is 0 Å². The smallest absolute Gasteiger partial charge is 0.224 e. The zero-order chi connectivity index (χ0) is 17.2. The number of aromatic nitrogens is 2. The minimum atomic E-state index is -0.0127. The number of H-pyrrole nitrogens is 1. The van der Waals surface area contributed by atoms with E-state index in [9.17, 15) is 4.79 Å². The summed E-state index contributed by atoms with van der Waals surface area (Å²) in [7, 11) is 0. The standard InChI is InChI=1S/C20H22N4O/c21-16-7-2-1-4-13(16)8-11-19(25)22-15-9-10-17-18(12-15)24-20(23-17)14-5-3-6-14/h1-2,4,7,9-10,12,14H,3,5-6,8,11,21H2,(H,22,25)(H,23,24). The number of benzene rings is 2. The second-order valence-electron chi connectivity index (χ2n) is 6.73. The zero-order valence-corrected chi connectivity index (χ0v) is 14.1. The number of nitrogen functional groups attached to an aromatic ring is 1. The van der Waals surface area contributed by atoms with Gasteiger partial charge in [-0.05, 0) is 49.1 Å². The molecule has 3 aromatic rings. The van der Waals surface area contributed by atoms with Gasteiger partial charge in [-0.1, -0.05) is 24.6 Å². The van der Waals surface area contributed by atoms with Crippen molar-refractivity contribution in [2.75, 3.05) is 11.1 Å². The Bertz CT molecular complexity index is 911. The predicted molar refractivity (Wildman–Crippen MR) is 100 cm³/mol. The van der Waals surface area contributed by atoms with Crippen molar-refractivity contribution in [2.24, 2.45) is 0 Å². The predicted octanol–water partition coefficient (Wildman–Crippen LogP) is 3.98. The summed E-state index contributed by atoms with van der Waals surface area (Å²) in [5, 5.41) is 2.96. The van der Waals surface area contributed by atoms with Crippen molar-refractivity contribution in [3.8, 4) is 0 Å². The molecule has 5 nitrogen and oxygen atoms in total. The van der Waals surface area contributed by atoms with Gasteiger partial charge in [0, 0.05) is 23.7 Å². The summed E-state index contributed by atoms with van der Waals surface area (Å²) < 4.78 is 0. The van der Waals surface area contributed by atoms with Crippen molar-refractivity contribution in [2.45, 2.75) is 38.0 Å². The Morgan fingerprint density at radius 3 is 2.84 bits per heavy atom. The first-order valence-electron chi connectivity index (χ1n) is 8.82. The number of imidazole rings is 1. The summed E-state index contributed by atoms with van der Waals surface area (Å²) >= 11 is 0. The van der Waals surface area contributed by atoms with Crippen LogP contribution in [0.1, 0.15) is 43.0 Å². The molecule has 1 aliphatic rings. The van der Waals surface area contributed by atoms with Gasteiger partial charge in [0.1, 0.15) is 5.82 Å². The first-order chi connectivity index (χ1) is 12.2. The van der Waals surface area contributed by atoms with E-state index in [4.69, 9.17) is 5.73 Å². The topological polar surface area (TPSA) is 83.8 Å². The highest BCUT2D eigenvalue weighted by atomic mass is 16.1. The summed E-state index contributed by atoms with van der Waals surface area (Å²) in [6.45, 7) is 0. The van der Waals surface area contributed by atoms with E-state index < -0.39 is 0 Å². The van der Waals surface area contributed by atoms with Gasteiger partial charge in [-0.15, -0.1) is 0 Å². The Labute approximate surface area is 146 Å². The number of carbonyl (C=O) groups excluding carboxylic acids is 1. The average Bonchev–Trinajstić information content (AvgIpc) is 2.95. The van der Waals surface area contributed by atoms with Crippen LogP contribution in [0.3, 0.4) is 0 Å². The number of nitrogens with zero attached hydrogens (tertiary/aromatic N) is 1. The highest BCUT2D eigenvalue weighted by Crippen LogP contribution is 2.35. The van der Waals surface area contributed by atoms with Gasteiger partial charge in [-0.3, -0.25) is 4.79 Å². The Morgan fingerprint density at radius 1 is 1.24 bits per heavy atom. The Hall–Kier alpha value is -2.82. The number of fused-ring (bicyclic) bond motifs is 1. The molecule has 1 saturated carbocycles. The third kappa shape index (κ3) is 3.36. The maximum Gasteiger partial charge on any atom is 0.224 e. The third-order valence-electron chi connectivity index (χ3n) is 4.95. The minimum absolute atomic E-state index is 0.0127. The lowest BCUT2D eigenvalue weighted by atomic mass is 9.85. The van der Waals surface area contributed by atoms with E-state index in [1.54, 1.807) is 0 Å². The first kappa shape index (κ1) is 15.7. The number of anilines is 2. The lowest BCUT2D eigenvalue weighted by Crippen LogP contribution is -2.12. The number of hydrogen-bond donors (Lipinski definition) is 3. The highest BCUT2D eigenvalue weighted by Gasteiger charge is 2.22. The van der Waals surface area contributed by atoms with Gasteiger partial charge >= 0.3 is 0 Å². The van der Waals surface area contributed by atoms with Crippen LogP contribution in [0.25, 0.3) is 11.0 Å². The monoisotopic (exact) mass is 334 g/mol. The summed E-state index contributed by atoms with van der Waals surface area (Å²) in [6, 6.07) is 13.5. The van der Waals surface area contributed by atoms with E-state index >= 15 is 0 Å². The van der Waals surface area contributed by atoms with Gasteiger partial charge in [-0.25, -0.2) is 4.98 Å². The van der Waals surface area contributed by atoms with Gasteiger partial charge in [0.25, 0.3) is 0 Å². The largest absolute Gasteiger partial charge is 0.399 e. The molecule has 0 aliphatic heterocycles. The van der Waals surface area contributed by atoms with E-state index in [2.05, 4.69) is 15.3 Å². The maximum absolute atomic E-state index is 12.2. The van der Waals surface area contributed by atoms with Crippen molar-refractivity contribution in [1.29, 1.82) is 0 Å². The zero-order valence-electron chi connectivity index (χ0n) is 14.1. The van der Waals surface area contributed by atoms with Crippen molar-refractivity contribution in [1.82, 2.24) is 9.97 Å². The van der Waals surface area contributed by atoms with E-state index in [-0.39, 0.29) is 5.91 Å². The molecule has 5 heteroatoms. The van der Waals surface area contributed by atoms with Crippen molar-refractivity contribution in [3.05, 3.63) is 53.9 Å². The molecule has 4 rings (SSSR count). The molecule has 1 amide bonds. The lowest BCUT2D eigenvalue weighted by molar-refractivity contribution is -0.116. The first-order valence-corrected chi connectivity index (χ1v) is 8.82. The van der Waals surface area contributed by atoms with Gasteiger partial charge in [0.15, 0.2) is 0 Å². The molecule has 0 radical (unpaired) electrons. The number of carbonyl (C=O) groups is 1. The van der Waals surface area contributed by atoms with Crippen LogP contribution in [0.4, 0.5) is 11.4 Å². The number of aromatic amines is 1. The molecule has 1 fully saturated rings. The number of amides is 1. The third-order valence-corrected chi connectivity index (χ3v) is 4.95. The minimum Gasteiger partial charge on any atom is -0.399 e. The summed E-state index contributed by atoms with van der Waals surface area (Å²) in [5.74, 6) is 1.63. The fraction of sp³-hybridized carbons (Fsp3) is 0.300. The fourth-order valence-electron chi connectivity index (χ4n) is 3.22. The Balaban J connectivity index is 1.41. The van der Waals surface area contributed by atoms with E-state index in [0.717, 1.165) is 33.8 Å². The average molecular weight is 334 g/mol. The molecule has 0 atom stereocenters. The summed E-state index contributed by atoms with van der Waals surface area (Å²) in [4.78, 5) is 20.3. The molecule has 25 heavy (non-hydrogen) atoms. The molecule has 0 bridgehead atoms. The van der Waals surface area contributed by atoms with Crippen molar-refractivity contribution in [3.63, 3.8) is 0 Å². The normalized spacial score (nSPS) is 14.4. The lowest BCUT2D eigenvalue weighted by Gasteiger charge is -2.22. The molecular weight excluding hydrogens is 312 g/mol. The quantitative estimate of drug-likeness (QED) is 0.617. The SMILES string of the molecule is Nc1ccccc1CCC(=O)Nc1ccc2nc(C3CCC3)[nH]c2c1. The highest BCUT2D eigenvalue weighted by molar-refractivity contribution is 5.93. The van der Waals surface area contributed by atoms with E-state index in [1.165, 1.54) is 19.3 Å². The van der Waals surface area contributed by atoms with Crippen LogP contribution in [0.15, 0.2) is 42.5 Å². The van der Waals surface area contributed by atoms with E-state index in [0.29, 0.717) is 18.8 Å². The molecule has 4 N–H and O–H groups in total. The van der Waals surface area contributed by atoms with Gasteiger partial charge in [0.2, 0.25) is 5.91 Å². The van der Waals surface area contributed by atoms with Crippen molar-refractivity contribution >= 4 is 28.3 Å². The van der Waals surface area contributed by atoms with Crippen LogP contribution >= 0.6 is 0 Å². The Kier molecular flexibility index (Phi) is 4.14.